The number of hydrogen-bond acceptors (Lipinski definition) is 2. The summed E-state index contributed by atoms with van der Waals surface area (Å²) in [5.74, 6) is 1.88. The first-order valence-electron chi connectivity index (χ1n) is 8.54. The zero-order valence-electron chi connectivity index (χ0n) is 12.9. The minimum absolute atomic E-state index is 0.429. The number of quaternary nitrogens is 1. The van der Waals surface area contributed by atoms with Crippen LogP contribution in [0.4, 0.5) is 0 Å². The van der Waals surface area contributed by atoms with E-state index >= 15 is 0 Å². The van der Waals surface area contributed by atoms with E-state index in [0.29, 0.717) is 18.0 Å². The van der Waals surface area contributed by atoms with Crippen molar-refractivity contribution in [3.63, 3.8) is 0 Å². The van der Waals surface area contributed by atoms with Crippen molar-refractivity contribution >= 4 is 10.0 Å². The van der Waals surface area contributed by atoms with Crippen LogP contribution in [0.15, 0.2) is 35.2 Å². The van der Waals surface area contributed by atoms with Crippen LogP contribution in [0.25, 0.3) is 0 Å². The molecule has 3 aliphatic rings. The molecule has 0 aromatic heterocycles. The summed E-state index contributed by atoms with van der Waals surface area (Å²) < 4.78 is 27.0. The lowest BCUT2D eigenvalue weighted by Crippen LogP contribution is -3.18. The second-order valence-electron chi connectivity index (χ2n) is 7.16. The van der Waals surface area contributed by atoms with Crippen molar-refractivity contribution in [1.29, 1.82) is 0 Å². The summed E-state index contributed by atoms with van der Waals surface area (Å²) in [5, 5.41) is 0. The Labute approximate surface area is 133 Å². The number of rotatable bonds is 3. The van der Waals surface area contributed by atoms with Crippen LogP contribution in [0.3, 0.4) is 0 Å². The van der Waals surface area contributed by atoms with Crippen molar-refractivity contribution in [1.82, 2.24) is 4.31 Å². The van der Waals surface area contributed by atoms with Gasteiger partial charge in [-0.2, -0.15) is 4.31 Å². The average Bonchev–Trinajstić information content (AvgIpc) is 3.19. The first-order valence-corrected chi connectivity index (χ1v) is 9.98. The molecule has 1 saturated heterocycles. The van der Waals surface area contributed by atoms with E-state index < -0.39 is 10.0 Å². The highest BCUT2D eigenvalue weighted by Gasteiger charge is 2.46. The van der Waals surface area contributed by atoms with Gasteiger partial charge in [-0.25, -0.2) is 8.42 Å². The lowest BCUT2D eigenvalue weighted by atomic mass is 9.93. The summed E-state index contributed by atoms with van der Waals surface area (Å²) in [7, 11) is -3.30. The number of nitrogens with one attached hydrogen (secondary N) is 1. The number of sulfonamides is 1. The summed E-state index contributed by atoms with van der Waals surface area (Å²) in [6, 6.07) is 9.65. The van der Waals surface area contributed by atoms with E-state index in [2.05, 4.69) is 0 Å². The Balaban J connectivity index is 1.42. The third kappa shape index (κ3) is 2.49. The van der Waals surface area contributed by atoms with Crippen LogP contribution in [-0.4, -0.2) is 44.9 Å². The number of piperazine rings is 1. The molecule has 1 aromatic rings. The molecule has 1 aliphatic heterocycles. The Morgan fingerprint density at radius 1 is 1.00 bits per heavy atom. The van der Waals surface area contributed by atoms with E-state index in [9.17, 15) is 8.42 Å². The van der Waals surface area contributed by atoms with Gasteiger partial charge in [0.05, 0.1) is 37.1 Å². The van der Waals surface area contributed by atoms with Crippen LogP contribution >= 0.6 is 0 Å². The van der Waals surface area contributed by atoms with E-state index in [-0.39, 0.29) is 0 Å². The van der Waals surface area contributed by atoms with Gasteiger partial charge >= 0.3 is 0 Å². The van der Waals surface area contributed by atoms with Crippen LogP contribution in [0.1, 0.15) is 25.7 Å². The fourth-order valence-corrected chi connectivity index (χ4v) is 6.33. The molecule has 5 heteroatoms. The predicted molar refractivity (Wildman–Crippen MR) is 85.1 cm³/mol. The van der Waals surface area contributed by atoms with Gasteiger partial charge in [0, 0.05) is 12.3 Å². The molecule has 0 radical (unpaired) electrons. The molecule has 120 valence electrons. The molecule has 22 heavy (non-hydrogen) atoms. The maximum atomic E-state index is 12.7. The number of benzene rings is 1. The summed E-state index contributed by atoms with van der Waals surface area (Å²) in [4.78, 5) is 2.09. The van der Waals surface area contributed by atoms with Crippen LogP contribution in [0.5, 0.6) is 0 Å². The highest BCUT2D eigenvalue weighted by molar-refractivity contribution is 7.89. The minimum Gasteiger partial charge on any atom is -0.330 e. The molecule has 3 fully saturated rings. The quantitative estimate of drug-likeness (QED) is 0.893. The van der Waals surface area contributed by atoms with Crippen LogP contribution in [-0.2, 0) is 10.0 Å². The van der Waals surface area contributed by atoms with E-state index in [0.717, 1.165) is 31.0 Å². The lowest BCUT2D eigenvalue weighted by Gasteiger charge is -2.37. The molecular formula is C17H25N2O2S+. The zero-order valence-corrected chi connectivity index (χ0v) is 13.8. The minimum atomic E-state index is -3.30. The van der Waals surface area contributed by atoms with Gasteiger partial charge in [-0.15, -0.1) is 0 Å². The van der Waals surface area contributed by atoms with Gasteiger partial charge in [0.25, 0.3) is 0 Å². The van der Waals surface area contributed by atoms with Gasteiger partial charge in [-0.3, -0.25) is 0 Å². The third-order valence-electron chi connectivity index (χ3n) is 6.01. The molecule has 2 aliphatic carbocycles. The Morgan fingerprint density at radius 2 is 1.73 bits per heavy atom. The SMILES string of the molecule is O=S(=O)(c1ccccc1)N1CC[NH+]([C@H]2C[C@H]3CC[C@@H]2C3)CC1. The smallest absolute Gasteiger partial charge is 0.243 e. The Bertz CT molecular complexity index is 623. The average molecular weight is 321 g/mol. The molecule has 4 nitrogen and oxygen atoms in total. The first-order chi connectivity index (χ1) is 10.6. The van der Waals surface area contributed by atoms with Crippen molar-refractivity contribution in [3.8, 4) is 0 Å². The summed E-state index contributed by atoms with van der Waals surface area (Å²) >= 11 is 0. The molecule has 3 atom stereocenters. The molecule has 2 saturated carbocycles. The molecule has 4 rings (SSSR count). The molecule has 0 spiro atoms. The molecular weight excluding hydrogens is 296 g/mol. The van der Waals surface area contributed by atoms with Gasteiger partial charge in [0.15, 0.2) is 0 Å². The van der Waals surface area contributed by atoms with Gasteiger partial charge in [0.1, 0.15) is 0 Å². The number of fused-ring (bicyclic) bond motifs is 2. The van der Waals surface area contributed by atoms with Crippen molar-refractivity contribution in [3.05, 3.63) is 30.3 Å². The first kappa shape index (κ1) is 14.7. The van der Waals surface area contributed by atoms with E-state index in [1.807, 2.05) is 6.07 Å². The monoisotopic (exact) mass is 321 g/mol. The standard InChI is InChI=1S/C17H24N2O2S/c20-22(21,16-4-2-1-3-5-16)19-10-8-18(9-11-19)17-13-14-6-7-15(17)12-14/h1-5,14-15,17H,6-13H2/p+1/t14-,15+,17-/m0/s1. The van der Waals surface area contributed by atoms with Crippen molar-refractivity contribution in [2.24, 2.45) is 11.8 Å². The summed E-state index contributed by atoms with van der Waals surface area (Å²) in [6.07, 6.45) is 5.65. The van der Waals surface area contributed by atoms with Gasteiger partial charge in [0.2, 0.25) is 10.0 Å². The van der Waals surface area contributed by atoms with Crippen LogP contribution in [0.2, 0.25) is 0 Å². The topological polar surface area (TPSA) is 41.8 Å². The fourth-order valence-electron chi connectivity index (χ4n) is 4.87. The maximum Gasteiger partial charge on any atom is 0.243 e. The lowest BCUT2D eigenvalue weighted by molar-refractivity contribution is -0.932. The van der Waals surface area contributed by atoms with Crippen LogP contribution < -0.4 is 4.90 Å². The molecule has 0 unspecified atom stereocenters. The second-order valence-corrected chi connectivity index (χ2v) is 9.09. The zero-order chi connectivity index (χ0) is 15.2. The van der Waals surface area contributed by atoms with Crippen molar-refractivity contribution in [2.45, 2.75) is 36.6 Å². The van der Waals surface area contributed by atoms with Crippen LogP contribution in [0, 0.1) is 11.8 Å². The molecule has 0 amide bonds. The van der Waals surface area contributed by atoms with Crippen molar-refractivity contribution in [2.75, 3.05) is 26.2 Å². The summed E-state index contributed by atoms with van der Waals surface area (Å²) in [6.45, 7) is 3.28. The highest BCUT2D eigenvalue weighted by Crippen LogP contribution is 2.43. The van der Waals surface area contributed by atoms with Gasteiger partial charge in [-0.05, 0) is 37.3 Å². The molecule has 2 bridgehead atoms. The normalized spacial score (nSPS) is 33.4. The Hall–Kier alpha value is -0.910. The van der Waals surface area contributed by atoms with Crippen molar-refractivity contribution < 1.29 is 13.3 Å². The maximum absolute atomic E-state index is 12.7. The Morgan fingerprint density at radius 3 is 2.32 bits per heavy atom. The number of hydrogen-bond donors (Lipinski definition) is 1. The fraction of sp³-hybridized carbons (Fsp3) is 0.647. The highest BCUT2D eigenvalue weighted by atomic mass is 32.2. The van der Waals surface area contributed by atoms with Gasteiger partial charge < -0.3 is 4.90 Å². The van der Waals surface area contributed by atoms with Gasteiger partial charge in [-0.1, -0.05) is 18.2 Å². The third-order valence-corrected chi connectivity index (χ3v) is 7.92. The molecule has 1 N–H and O–H groups in total. The predicted octanol–water partition coefficient (Wildman–Crippen LogP) is 0.764. The summed E-state index contributed by atoms with van der Waals surface area (Å²) in [5.41, 5.74) is 0. The largest absolute Gasteiger partial charge is 0.330 e. The number of nitrogens with zero attached hydrogens (tertiary/aromatic N) is 1. The van der Waals surface area contributed by atoms with E-state index in [1.54, 1.807) is 33.5 Å². The molecule has 1 aromatic carbocycles. The van der Waals surface area contributed by atoms with E-state index in [4.69, 9.17) is 0 Å². The van der Waals surface area contributed by atoms with E-state index in [1.165, 1.54) is 25.7 Å². The Kier molecular flexibility index (Phi) is 3.75. The molecule has 1 heterocycles. The second kappa shape index (κ2) is 5.62.